The Kier molecular flexibility index (Phi) is 7.02. The number of ether oxygens (including phenoxy) is 1. The highest BCUT2D eigenvalue weighted by atomic mass is 16.6. The molecule has 0 spiro atoms. The maximum atomic E-state index is 10.9. The third kappa shape index (κ3) is 5.34. The van der Waals surface area contributed by atoms with E-state index in [0.717, 1.165) is 6.42 Å². The van der Waals surface area contributed by atoms with E-state index in [1.54, 1.807) is 18.2 Å². The summed E-state index contributed by atoms with van der Waals surface area (Å²) in [5.74, 6) is 0. The summed E-state index contributed by atoms with van der Waals surface area (Å²) in [5.41, 5.74) is 0.822. The lowest BCUT2D eigenvalue weighted by molar-refractivity contribution is -0.385. The number of hydrogen-bond donors (Lipinski definition) is 2. The van der Waals surface area contributed by atoms with Gasteiger partial charge in [0.15, 0.2) is 0 Å². The lowest BCUT2D eigenvalue weighted by Gasteiger charge is -2.14. The first kappa shape index (κ1) is 15.6. The van der Waals surface area contributed by atoms with Crippen LogP contribution in [0.4, 0.5) is 5.69 Å². The zero-order valence-electron chi connectivity index (χ0n) is 11.0. The Morgan fingerprint density at radius 2 is 2.16 bits per heavy atom. The van der Waals surface area contributed by atoms with Crippen molar-refractivity contribution < 1.29 is 14.8 Å². The van der Waals surface area contributed by atoms with Crippen LogP contribution in [0.5, 0.6) is 0 Å². The SMILES string of the molecule is CC(NCCCOCCO)c1ccccc1[N+](=O)[O-]. The van der Waals surface area contributed by atoms with Crippen LogP contribution in [0.15, 0.2) is 24.3 Å². The number of nitro groups is 1. The highest BCUT2D eigenvalue weighted by Gasteiger charge is 2.17. The van der Waals surface area contributed by atoms with Crippen molar-refractivity contribution in [2.75, 3.05) is 26.4 Å². The van der Waals surface area contributed by atoms with Gasteiger partial charge in [-0.15, -0.1) is 0 Å². The minimum atomic E-state index is -0.363. The number of aliphatic hydroxyl groups excluding tert-OH is 1. The molecule has 0 saturated heterocycles. The Hall–Kier alpha value is -1.50. The van der Waals surface area contributed by atoms with E-state index in [2.05, 4.69) is 5.32 Å². The third-order valence-electron chi connectivity index (χ3n) is 2.75. The van der Waals surface area contributed by atoms with Gasteiger partial charge in [-0.3, -0.25) is 10.1 Å². The van der Waals surface area contributed by atoms with Crippen molar-refractivity contribution in [1.82, 2.24) is 5.32 Å². The first-order valence-electron chi connectivity index (χ1n) is 6.32. The fourth-order valence-electron chi connectivity index (χ4n) is 1.79. The molecule has 1 aromatic rings. The van der Waals surface area contributed by atoms with Crippen LogP contribution in [-0.4, -0.2) is 36.4 Å². The van der Waals surface area contributed by atoms with E-state index in [0.29, 0.717) is 25.3 Å². The number of nitrogens with one attached hydrogen (secondary N) is 1. The van der Waals surface area contributed by atoms with E-state index in [-0.39, 0.29) is 23.3 Å². The lowest BCUT2D eigenvalue weighted by atomic mass is 10.1. The Morgan fingerprint density at radius 3 is 2.84 bits per heavy atom. The van der Waals surface area contributed by atoms with E-state index in [1.165, 1.54) is 6.07 Å². The molecule has 1 unspecified atom stereocenters. The van der Waals surface area contributed by atoms with Gasteiger partial charge < -0.3 is 15.2 Å². The Morgan fingerprint density at radius 1 is 1.42 bits per heavy atom. The summed E-state index contributed by atoms with van der Waals surface area (Å²) in [6, 6.07) is 6.65. The molecule has 0 aromatic heterocycles. The molecule has 0 aliphatic rings. The second-order valence-electron chi connectivity index (χ2n) is 4.18. The Balaban J connectivity index is 2.41. The number of nitro benzene ring substituents is 1. The van der Waals surface area contributed by atoms with Crippen molar-refractivity contribution in [1.29, 1.82) is 0 Å². The first-order chi connectivity index (χ1) is 9.16. The summed E-state index contributed by atoms with van der Waals surface area (Å²) in [7, 11) is 0. The summed E-state index contributed by atoms with van der Waals surface area (Å²) < 4.78 is 5.13. The maximum absolute atomic E-state index is 10.9. The third-order valence-corrected chi connectivity index (χ3v) is 2.75. The van der Waals surface area contributed by atoms with Gasteiger partial charge in [-0.05, 0) is 19.9 Å². The molecule has 0 aliphatic carbocycles. The molecule has 1 atom stereocenters. The average molecular weight is 268 g/mol. The van der Waals surface area contributed by atoms with Crippen molar-refractivity contribution in [3.8, 4) is 0 Å². The highest BCUT2D eigenvalue weighted by molar-refractivity contribution is 5.41. The van der Waals surface area contributed by atoms with Crippen LogP contribution >= 0.6 is 0 Å². The van der Waals surface area contributed by atoms with Gasteiger partial charge in [-0.25, -0.2) is 0 Å². The normalized spacial score (nSPS) is 12.3. The van der Waals surface area contributed by atoms with Gasteiger partial charge in [0, 0.05) is 24.3 Å². The quantitative estimate of drug-likeness (QED) is 0.404. The summed E-state index contributed by atoms with van der Waals surface area (Å²) in [6.07, 6.45) is 0.797. The molecular formula is C13H20N2O4. The molecule has 0 aliphatic heterocycles. The standard InChI is InChI=1S/C13H20N2O4/c1-11(14-7-4-9-19-10-8-16)12-5-2-3-6-13(12)15(17)18/h2-3,5-6,11,14,16H,4,7-10H2,1H3. The van der Waals surface area contributed by atoms with Gasteiger partial charge in [0.2, 0.25) is 0 Å². The summed E-state index contributed by atoms with van der Waals surface area (Å²) >= 11 is 0. The van der Waals surface area contributed by atoms with Gasteiger partial charge in [0.25, 0.3) is 5.69 Å². The number of rotatable bonds is 9. The number of benzene rings is 1. The highest BCUT2D eigenvalue weighted by Crippen LogP contribution is 2.24. The Labute approximate surface area is 112 Å². The van der Waals surface area contributed by atoms with Crippen molar-refractivity contribution in [3.63, 3.8) is 0 Å². The lowest BCUT2D eigenvalue weighted by Crippen LogP contribution is -2.22. The maximum Gasteiger partial charge on any atom is 0.274 e. The van der Waals surface area contributed by atoms with Crippen molar-refractivity contribution in [2.24, 2.45) is 0 Å². The molecule has 106 valence electrons. The van der Waals surface area contributed by atoms with Gasteiger partial charge in [0.05, 0.1) is 18.1 Å². The van der Waals surface area contributed by atoms with E-state index in [4.69, 9.17) is 9.84 Å². The molecule has 0 saturated carbocycles. The minimum absolute atomic E-state index is 0.0278. The number of aliphatic hydroxyl groups is 1. The fourth-order valence-corrected chi connectivity index (χ4v) is 1.79. The second-order valence-corrected chi connectivity index (χ2v) is 4.18. The molecular weight excluding hydrogens is 248 g/mol. The van der Waals surface area contributed by atoms with E-state index in [9.17, 15) is 10.1 Å². The molecule has 0 bridgehead atoms. The van der Waals surface area contributed by atoms with Crippen LogP contribution in [0.1, 0.15) is 24.9 Å². The molecule has 0 amide bonds. The topological polar surface area (TPSA) is 84.6 Å². The minimum Gasteiger partial charge on any atom is -0.394 e. The van der Waals surface area contributed by atoms with Crippen LogP contribution in [0.2, 0.25) is 0 Å². The fraction of sp³-hybridized carbons (Fsp3) is 0.538. The van der Waals surface area contributed by atoms with Crippen LogP contribution in [0, 0.1) is 10.1 Å². The molecule has 1 rings (SSSR count). The first-order valence-corrected chi connectivity index (χ1v) is 6.32. The predicted molar refractivity (Wildman–Crippen MR) is 72.0 cm³/mol. The summed E-state index contributed by atoms with van der Waals surface area (Å²) in [6.45, 7) is 3.55. The molecule has 6 nitrogen and oxygen atoms in total. The van der Waals surface area contributed by atoms with Crippen LogP contribution < -0.4 is 5.32 Å². The number of nitrogens with zero attached hydrogens (tertiary/aromatic N) is 1. The zero-order chi connectivity index (χ0) is 14.1. The smallest absolute Gasteiger partial charge is 0.274 e. The van der Waals surface area contributed by atoms with Crippen LogP contribution in [0.3, 0.4) is 0 Å². The van der Waals surface area contributed by atoms with Gasteiger partial charge in [-0.2, -0.15) is 0 Å². The van der Waals surface area contributed by atoms with E-state index >= 15 is 0 Å². The second kappa shape index (κ2) is 8.58. The predicted octanol–water partition coefficient (Wildman–Crippen LogP) is 1.64. The van der Waals surface area contributed by atoms with Crippen molar-refractivity contribution >= 4 is 5.69 Å². The molecule has 19 heavy (non-hydrogen) atoms. The van der Waals surface area contributed by atoms with Crippen LogP contribution in [-0.2, 0) is 4.74 Å². The number of para-hydroxylation sites is 1. The summed E-state index contributed by atoms with van der Waals surface area (Å²) in [5, 5.41) is 22.7. The van der Waals surface area contributed by atoms with Crippen molar-refractivity contribution in [3.05, 3.63) is 39.9 Å². The molecule has 0 heterocycles. The van der Waals surface area contributed by atoms with Gasteiger partial charge in [0.1, 0.15) is 0 Å². The molecule has 2 N–H and O–H groups in total. The molecule has 0 radical (unpaired) electrons. The molecule has 1 aromatic carbocycles. The monoisotopic (exact) mass is 268 g/mol. The molecule has 6 heteroatoms. The van der Waals surface area contributed by atoms with Crippen LogP contribution in [0.25, 0.3) is 0 Å². The van der Waals surface area contributed by atoms with Crippen molar-refractivity contribution in [2.45, 2.75) is 19.4 Å². The summed E-state index contributed by atoms with van der Waals surface area (Å²) in [4.78, 5) is 10.5. The van der Waals surface area contributed by atoms with Gasteiger partial charge in [-0.1, -0.05) is 18.2 Å². The average Bonchev–Trinajstić information content (AvgIpc) is 2.42. The van der Waals surface area contributed by atoms with E-state index < -0.39 is 0 Å². The molecule has 0 fully saturated rings. The van der Waals surface area contributed by atoms with E-state index in [1.807, 2.05) is 6.92 Å². The number of hydrogen-bond acceptors (Lipinski definition) is 5. The largest absolute Gasteiger partial charge is 0.394 e. The Bertz CT molecular complexity index is 398. The van der Waals surface area contributed by atoms with Gasteiger partial charge >= 0.3 is 0 Å². The zero-order valence-corrected chi connectivity index (χ0v) is 11.0.